The average Bonchev–Trinajstić information content (AvgIpc) is 1.87. The molecule has 0 radical (unpaired) electrons. The van der Waals surface area contributed by atoms with E-state index in [1.54, 1.807) is 6.21 Å². The largest absolute Gasteiger partial charge is 0.313 e. The molecule has 0 unspecified atom stereocenters. The van der Waals surface area contributed by atoms with Crippen LogP contribution in [0.4, 0.5) is 0 Å². The van der Waals surface area contributed by atoms with Crippen LogP contribution in [0.2, 0.25) is 0 Å². The van der Waals surface area contributed by atoms with E-state index in [9.17, 15) is 0 Å². The van der Waals surface area contributed by atoms with E-state index in [0.717, 1.165) is 0 Å². The lowest BCUT2D eigenvalue weighted by atomic mass is 9.93. The van der Waals surface area contributed by atoms with Gasteiger partial charge in [-0.05, 0) is 18.1 Å². The summed E-state index contributed by atoms with van der Waals surface area (Å²) in [5.41, 5.74) is 0. The fourth-order valence-corrected chi connectivity index (χ4v) is 0.882. The second-order valence-corrected chi connectivity index (χ2v) is 2.79. The van der Waals surface area contributed by atoms with E-state index in [4.69, 9.17) is 5.41 Å². The summed E-state index contributed by atoms with van der Waals surface area (Å²) in [6, 6.07) is 0. The Balaban J connectivity index is 3.44. The molecule has 1 nitrogen and oxygen atoms in total. The van der Waals surface area contributed by atoms with Crippen molar-refractivity contribution in [2.24, 2.45) is 11.8 Å². The van der Waals surface area contributed by atoms with Crippen molar-refractivity contribution in [1.82, 2.24) is 0 Å². The van der Waals surface area contributed by atoms with Crippen molar-refractivity contribution in [3.63, 3.8) is 0 Å². The highest BCUT2D eigenvalue weighted by atomic mass is 14.3. The van der Waals surface area contributed by atoms with Crippen LogP contribution in [-0.2, 0) is 0 Å². The molecule has 0 fully saturated rings. The molecule has 54 valence electrons. The Morgan fingerprint density at radius 2 is 2.00 bits per heavy atom. The summed E-state index contributed by atoms with van der Waals surface area (Å²) in [4.78, 5) is 0. The molecule has 0 spiro atoms. The summed E-state index contributed by atoms with van der Waals surface area (Å²) in [6.07, 6.45) is 4.02. The van der Waals surface area contributed by atoms with Crippen molar-refractivity contribution in [3.8, 4) is 0 Å². The second kappa shape index (κ2) is 4.54. The first-order valence-electron chi connectivity index (χ1n) is 3.73. The molecular formula is C8H17N. The lowest BCUT2D eigenvalue weighted by molar-refractivity contribution is 0.449. The number of hydrogen-bond acceptors (Lipinski definition) is 1. The maximum absolute atomic E-state index is 6.99. The highest BCUT2D eigenvalue weighted by Gasteiger charge is 2.06. The molecule has 1 N–H and O–H groups in total. The van der Waals surface area contributed by atoms with Gasteiger partial charge < -0.3 is 5.41 Å². The SMILES string of the molecule is CCC[C@@H](C)[C@@H](C)C=N. The molecule has 0 aliphatic carbocycles. The van der Waals surface area contributed by atoms with Crippen molar-refractivity contribution >= 4 is 6.21 Å². The van der Waals surface area contributed by atoms with Gasteiger partial charge in [0, 0.05) is 0 Å². The smallest absolute Gasteiger partial charge is 0.00168 e. The normalized spacial score (nSPS) is 16.8. The molecule has 0 amide bonds. The fourth-order valence-electron chi connectivity index (χ4n) is 0.882. The first kappa shape index (κ1) is 8.67. The Bertz CT molecular complexity index is 78.6. The van der Waals surface area contributed by atoms with Crippen LogP contribution < -0.4 is 0 Å². The maximum atomic E-state index is 6.99. The molecule has 0 aliphatic heterocycles. The van der Waals surface area contributed by atoms with E-state index in [0.29, 0.717) is 11.8 Å². The van der Waals surface area contributed by atoms with Crippen LogP contribution in [0.15, 0.2) is 0 Å². The molecular weight excluding hydrogens is 110 g/mol. The number of nitrogens with one attached hydrogen (secondary N) is 1. The summed E-state index contributed by atoms with van der Waals surface area (Å²) in [5.74, 6) is 1.15. The molecule has 0 heterocycles. The van der Waals surface area contributed by atoms with Gasteiger partial charge in [0.25, 0.3) is 0 Å². The minimum atomic E-state index is 0.463. The molecule has 2 atom stereocenters. The Morgan fingerprint density at radius 3 is 2.33 bits per heavy atom. The van der Waals surface area contributed by atoms with Gasteiger partial charge in [-0.2, -0.15) is 0 Å². The molecule has 0 bridgehead atoms. The van der Waals surface area contributed by atoms with Gasteiger partial charge in [-0.15, -0.1) is 0 Å². The van der Waals surface area contributed by atoms with E-state index in [2.05, 4.69) is 20.8 Å². The molecule has 0 saturated carbocycles. The topological polar surface area (TPSA) is 23.9 Å². The van der Waals surface area contributed by atoms with Crippen LogP contribution >= 0.6 is 0 Å². The fraction of sp³-hybridized carbons (Fsp3) is 0.875. The summed E-state index contributed by atoms with van der Waals surface area (Å²) in [7, 11) is 0. The monoisotopic (exact) mass is 127 g/mol. The standard InChI is InChI=1S/C8H17N/c1-4-5-7(2)8(3)6-9/h6-9H,4-5H2,1-3H3/t7-,8+/m1/s1. The Labute approximate surface area is 58.0 Å². The average molecular weight is 127 g/mol. The van der Waals surface area contributed by atoms with Gasteiger partial charge >= 0.3 is 0 Å². The molecule has 0 aromatic rings. The first-order chi connectivity index (χ1) is 4.22. The van der Waals surface area contributed by atoms with E-state index in [1.165, 1.54) is 12.8 Å². The third-order valence-corrected chi connectivity index (χ3v) is 1.90. The van der Waals surface area contributed by atoms with Crippen molar-refractivity contribution in [3.05, 3.63) is 0 Å². The maximum Gasteiger partial charge on any atom is -0.00168 e. The highest BCUT2D eigenvalue weighted by molar-refractivity contribution is 5.56. The van der Waals surface area contributed by atoms with Crippen LogP contribution in [0.1, 0.15) is 33.6 Å². The van der Waals surface area contributed by atoms with Gasteiger partial charge in [0.15, 0.2) is 0 Å². The second-order valence-electron chi connectivity index (χ2n) is 2.79. The Hall–Kier alpha value is -0.330. The summed E-state index contributed by atoms with van der Waals surface area (Å²) < 4.78 is 0. The van der Waals surface area contributed by atoms with Crippen molar-refractivity contribution in [2.75, 3.05) is 0 Å². The third kappa shape index (κ3) is 3.28. The zero-order valence-corrected chi connectivity index (χ0v) is 6.65. The predicted molar refractivity (Wildman–Crippen MR) is 42.0 cm³/mol. The lowest BCUT2D eigenvalue weighted by Gasteiger charge is -2.13. The van der Waals surface area contributed by atoms with E-state index in [-0.39, 0.29) is 0 Å². The highest BCUT2D eigenvalue weighted by Crippen LogP contribution is 2.13. The van der Waals surface area contributed by atoms with Gasteiger partial charge in [0.05, 0.1) is 0 Å². The van der Waals surface area contributed by atoms with E-state index >= 15 is 0 Å². The zero-order valence-electron chi connectivity index (χ0n) is 6.65. The van der Waals surface area contributed by atoms with Crippen LogP contribution in [0.5, 0.6) is 0 Å². The van der Waals surface area contributed by atoms with Crippen molar-refractivity contribution in [2.45, 2.75) is 33.6 Å². The molecule has 0 saturated heterocycles. The minimum absolute atomic E-state index is 0.463. The van der Waals surface area contributed by atoms with Crippen LogP contribution in [0, 0.1) is 17.2 Å². The Morgan fingerprint density at radius 1 is 1.44 bits per heavy atom. The number of hydrogen-bond donors (Lipinski definition) is 1. The van der Waals surface area contributed by atoms with Crippen molar-refractivity contribution < 1.29 is 0 Å². The number of rotatable bonds is 4. The van der Waals surface area contributed by atoms with Gasteiger partial charge in [-0.25, -0.2) is 0 Å². The van der Waals surface area contributed by atoms with Crippen LogP contribution in [-0.4, -0.2) is 6.21 Å². The third-order valence-electron chi connectivity index (χ3n) is 1.90. The summed E-state index contributed by atoms with van der Waals surface area (Å²) >= 11 is 0. The van der Waals surface area contributed by atoms with Crippen LogP contribution in [0.25, 0.3) is 0 Å². The van der Waals surface area contributed by atoms with E-state index in [1.807, 2.05) is 0 Å². The lowest BCUT2D eigenvalue weighted by Crippen LogP contribution is -2.07. The van der Waals surface area contributed by atoms with Gasteiger partial charge in [-0.3, -0.25) is 0 Å². The quantitative estimate of drug-likeness (QED) is 0.561. The summed E-state index contributed by atoms with van der Waals surface area (Å²) in [6.45, 7) is 6.50. The van der Waals surface area contributed by atoms with E-state index < -0.39 is 0 Å². The Kier molecular flexibility index (Phi) is 4.37. The van der Waals surface area contributed by atoms with Crippen molar-refractivity contribution in [1.29, 1.82) is 5.41 Å². The molecule has 0 rings (SSSR count). The van der Waals surface area contributed by atoms with Crippen LogP contribution in [0.3, 0.4) is 0 Å². The predicted octanol–water partition coefficient (Wildman–Crippen LogP) is 2.71. The zero-order chi connectivity index (χ0) is 7.28. The molecule has 0 aromatic carbocycles. The van der Waals surface area contributed by atoms with Gasteiger partial charge in [-0.1, -0.05) is 33.6 Å². The molecule has 1 heteroatoms. The molecule has 9 heavy (non-hydrogen) atoms. The first-order valence-corrected chi connectivity index (χ1v) is 3.73. The van der Waals surface area contributed by atoms with Gasteiger partial charge in [0.1, 0.15) is 0 Å². The summed E-state index contributed by atoms with van der Waals surface area (Å²) in [5, 5.41) is 6.99. The van der Waals surface area contributed by atoms with Gasteiger partial charge in [0.2, 0.25) is 0 Å². The molecule has 0 aliphatic rings. The minimum Gasteiger partial charge on any atom is -0.313 e. The molecule has 0 aromatic heterocycles.